The molecule has 2 rings (SSSR count). The fraction of sp³-hybridized carbons (Fsp3) is 0.533. The molecule has 20 heavy (non-hydrogen) atoms. The summed E-state index contributed by atoms with van der Waals surface area (Å²) in [6.07, 6.45) is 2.53. The quantitative estimate of drug-likeness (QED) is 0.758. The Morgan fingerprint density at radius 3 is 2.75 bits per heavy atom. The summed E-state index contributed by atoms with van der Waals surface area (Å²) < 4.78 is 13.6. The Morgan fingerprint density at radius 1 is 1.55 bits per heavy atom. The van der Waals surface area contributed by atoms with Crippen LogP contribution in [0.3, 0.4) is 0 Å². The minimum atomic E-state index is -0.946. The second kappa shape index (κ2) is 6.14. The zero-order valence-electron chi connectivity index (χ0n) is 11.7. The lowest BCUT2D eigenvalue weighted by Gasteiger charge is -2.29. The standard InChI is InChI=1S/C15H20FNO2S/c1-10(20-13-6-4-3-5-12(13)16)9-15(2,14(18)19)17-11-7-8-11/h3-6,10-11,17H,7-9H2,1-2H3,(H,18,19). The van der Waals surface area contributed by atoms with E-state index in [1.54, 1.807) is 25.1 Å². The van der Waals surface area contributed by atoms with Gasteiger partial charge in [-0.3, -0.25) is 10.1 Å². The molecule has 1 saturated carbocycles. The zero-order chi connectivity index (χ0) is 14.8. The lowest BCUT2D eigenvalue weighted by molar-refractivity contribution is -0.144. The molecular weight excluding hydrogens is 277 g/mol. The Morgan fingerprint density at radius 2 is 2.20 bits per heavy atom. The fourth-order valence-corrected chi connectivity index (χ4v) is 3.45. The number of nitrogens with one attached hydrogen (secondary N) is 1. The summed E-state index contributed by atoms with van der Waals surface area (Å²) in [6, 6.07) is 6.91. The summed E-state index contributed by atoms with van der Waals surface area (Å²) in [5.41, 5.74) is -0.946. The van der Waals surface area contributed by atoms with E-state index < -0.39 is 11.5 Å². The third-order valence-electron chi connectivity index (χ3n) is 3.43. The average Bonchev–Trinajstić information content (AvgIpc) is 3.15. The van der Waals surface area contributed by atoms with Gasteiger partial charge in [-0.25, -0.2) is 4.39 Å². The molecule has 0 amide bonds. The van der Waals surface area contributed by atoms with E-state index in [2.05, 4.69) is 5.32 Å². The highest BCUT2D eigenvalue weighted by Gasteiger charge is 2.39. The van der Waals surface area contributed by atoms with Crippen molar-refractivity contribution in [1.29, 1.82) is 0 Å². The van der Waals surface area contributed by atoms with Gasteiger partial charge in [0.25, 0.3) is 0 Å². The number of hydrogen-bond donors (Lipinski definition) is 2. The molecule has 2 unspecified atom stereocenters. The van der Waals surface area contributed by atoms with Crippen molar-refractivity contribution in [2.45, 2.75) is 54.8 Å². The number of carbonyl (C=O) groups is 1. The molecule has 1 fully saturated rings. The highest BCUT2D eigenvalue weighted by molar-refractivity contribution is 8.00. The predicted molar refractivity (Wildman–Crippen MR) is 78.5 cm³/mol. The molecule has 0 saturated heterocycles. The average molecular weight is 297 g/mol. The van der Waals surface area contributed by atoms with Crippen LogP contribution in [-0.4, -0.2) is 27.9 Å². The monoisotopic (exact) mass is 297 g/mol. The van der Waals surface area contributed by atoms with Crippen LogP contribution in [0.1, 0.15) is 33.1 Å². The first-order chi connectivity index (χ1) is 9.40. The minimum Gasteiger partial charge on any atom is -0.480 e. The number of carboxylic acid groups (broad SMARTS) is 1. The van der Waals surface area contributed by atoms with E-state index in [1.165, 1.54) is 17.8 Å². The summed E-state index contributed by atoms with van der Waals surface area (Å²) in [6.45, 7) is 3.65. The van der Waals surface area contributed by atoms with Crippen LogP contribution in [-0.2, 0) is 4.79 Å². The maximum atomic E-state index is 13.6. The molecule has 3 nitrogen and oxygen atoms in total. The summed E-state index contributed by atoms with van der Waals surface area (Å²) in [7, 11) is 0. The summed E-state index contributed by atoms with van der Waals surface area (Å²) in [4.78, 5) is 12.1. The molecule has 0 heterocycles. The van der Waals surface area contributed by atoms with Crippen molar-refractivity contribution in [3.8, 4) is 0 Å². The first-order valence-electron chi connectivity index (χ1n) is 6.83. The normalized spacial score (nSPS) is 19.4. The second-order valence-corrected chi connectivity index (χ2v) is 7.10. The molecular formula is C15H20FNO2S. The number of rotatable bonds is 7. The molecule has 1 aromatic carbocycles. The van der Waals surface area contributed by atoms with Gasteiger partial charge in [-0.05, 0) is 38.3 Å². The molecule has 2 N–H and O–H groups in total. The topological polar surface area (TPSA) is 49.3 Å². The molecule has 5 heteroatoms. The van der Waals surface area contributed by atoms with Gasteiger partial charge >= 0.3 is 5.97 Å². The summed E-state index contributed by atoms with van der Waals surface area (Å²) >= 11 is 1.38. The molecule has 0 aliphatic heterocycles. The molecule has 0 aromatic heterocycles. The Labute approximate surface area is 123 Å². The smallest absolute Gasteiger partial charge is 0.323 e. The fourth-order valence-electron chi connectivity index (χ4n) is 2.26. The van der Waals surface area contributed by atoms with E-state index in [-0.39, 0.29) is 11.1 Å². The first kappa shape index (κ1) is 15.3. The zero-order valence-corrected chi connectivity index (χ0v) is 12.5. The van der Waals surface area contributed by atoms with Gasteiger partial charge in [0.1, 0.15) is 11.4 Å². The van der Waals surface area contributed by atoms with Crippen molar-refractivity contribution in [2.75, 3.05) is 0 Å². The van der Waals surface area contributed by atoms with Gasteiger partial charge in [-0.2, -0.15) is 0 Å². The van der Waals surface area contributed by atoms with Crippen LogP contribution in [0.15, 0.2) is 29.2 Å². The van der Waals surface area contributed by atoms with Gasteiger partial charge in [0.2, 0.25) is 0 Å². The van der Waals surface area contributed by atoms with Gasteiger partial charge < -0.3 is 5.11 Å². The van der Waals surface area contributed by atoms with E-state index >= 15 is 0 Å². The molecule has 1 aromatic rings. The molecule has 110 valence electrons. The van der Waals surface area contributed by atoms with Gasteiger partial charge in [0.15, 0.2) is 0 Å². The number of halogens is 1. The van der Waals surface area contributed by atoms with Crippen molar-refractivity contribution in [3.05, 3.63) is 30.1 Å². The van der Waals surface area contributed by atoms with Gasteiger partial charge in [-0.15, -0.1) is 11.8 Å². The number of benzene rings is 1. The van der Waals surface area contributed by atoms with Crippen LogP contribution < -0.4 is 5.32 Å². The van der Waals surface area contributed by atoms with Gasteiger partial charge in [-0.1, -0.05) is 19.1 Å². The van der Waals surface area contributed by atoms with Crippen LogP contribution in [0.5, 0.6) is 0 Å². The predicted octanol–water partition coefficient (Wildman–Crippen LogP) is 3.29. The van der Waals surface area contributed by atoms with Crippen molar-refractivity contribution in [1.82, 2.24) is 5.32 Å². The molecule has 0 radical (unpaired) electrons. The highest BCUT2D eigenvalue weighted by atomic mass is 32.2. The highest BCUT2D eigenvalue weighted by Crippen LogP contribution is 2.32. The Balaban J connectivity index is 1.99. The third-order valence-corrected chi connectivity index (χ3v) is 4.59. The number of thioether (sulfide) groups is 1. The van der Waals surface area contributed by atoms with Gasteiger partial charge in [0, 0.05) is 16.2 Å². The molecule has 2 atom stereocenters. The van der Waals surface area contributed by atoms with Gasteiger partial charge in [0.05, 0.1) is 0 Å². The number of hydrogen-bond acceptors (Lipinski definition) is 3. The third kappa shape index (κ3) is 3.96. The van der Waals surface area contributed by atoms with E-state index in [0.29, 0.717) is 17.4 Å². The lowest BCUT2D eigenvalue weighted by Crippen LogP contribution is -2.51. The Hall–Kier alpha value is -1.07. The summed E-state index contributed by atoms with van der Waals surface area (Å²) in [5.74, 6) is -1.10. The van der Waals surface area contributed by atoms with Crippen LogP contribution in [0, 0.1) is 5.82 Å². The molecule has 1 aliphatic carbocycles. The maximum Gasteiger partial charge on any atom is 0.323 e. The molecule has 0 spiro atoms. The Bertz CT molecular complexity index is 493. The van der Waals surface area contributed by atoms with Crippen LogP contribution in [0.4, 0.5) is 4.39 Å². The molecule has 1 aliphatic rings. The summed E-state index contributed by atoms with van der Waals surface area (Å²) in [5, 5.41) is 12.6. The first-order valence-corrected chi connectivity index (χ1v) is 7.71. The van der Waals surface area contributed by atoms with E-state index in [0.717, 1.165) is 12.8 Å². The van der Waals surface area contributed by atoms with Crippen molar-refractivity contribution < 1.29 is 14.3 Å². The second-order valence-electron chi connectivity index (χ2n) is 5.62. The SMILES string of the molecule is CC(CC(C)(NC1CC1)C(=O)O)Sc1ccccc1F. The van der Waals surface area contributed by atoms with Crippen molar-refractivity contribution in [2.24, 2.45) is 0 Å². The van der Waals surface area contributed by atoms with E-state index in [1.807, 2.05) is 6.92 Å². The van der Waals surface area contributed by atoms with Crippen molar-refractivity contribution in [3.63, 3.8) is 0 Å². The minimum absolute atomic E-state index is 0.0132. The number of carboxylic acids is 1. The van der Waals surface area contributed by atoms with Crippen LogP contribution in [0.25, 0.3) is 0 Å². The van der Waals surface area contributed by atoms with E-state index in [9.17, 15) is 14.3 Å². The molecule has 0 bridgehead atoms. The van der Waals surface area contributed by atoms with Crippen LogP contribution in [0.2, 0.25) is 0 Å². The van der Waals surface area contributed by atoms with Crippen LogP contribution >= 0.6 is 11.8 Å². The number of aliphatic carboxylic acids is 1. The van der Waals surface area contributed by atoms with E-state index in [4.69, 9.17) is 0 Å². The largest absolute Gasteiger partial charge is 0.480 e. The lowest BCUT2D eigenvalue weighted by atomic mass is 9.96. The Kier molecular flexibility index (Phi) is 4.70. The maximum absolute atomic E-state index is 13.6. The van der Waals surface area contributed by atoms with Crippen molar-refractivity contribution >= 4 is 17.7 Å².